The van der Waals surface area contributed by atoms with E-state index in [-0.39, 0.29) is 5.91 Å². The predicted molar refractivity (Wildman–Crippen MR) is 123 cm³/mol. The third-order valence-electron chi connectivity index (χ3n) is 6.05. The zero-order valence-electron chi connectivity index (χ0n) is 18.6. The Labute approximate surface area is 183 Å². The lowest BCUT2D eigenvalue weighted by molar-refractivity contribution is -0.116. The van der Waals surface area contributed by atoms with Gasteiger partial charge in [-0.2, -0.15) is 0 Å². The standard InChI is InChI=1S/C26H29NO4/c1-16(13-24(28)27-15-18-9-5-7-11-22(18)29-3)20-14-21-19-10-6-8-12-23(19)31-26(21)17(2)25(20)30-4/h5,7,9,11,13-14H,6,8,10,12,15H2,1-4H3,(H,27,28)/b16-13+. The Morgan fingerprint density at radius 1 is 1.16 bits per heavy atom. The molecule has 1 aliphatic carbocycles. The van der Waals surface area contributed by atoms with Crippen molar-refractivity contribution in [1.29, 1.82) is 0 Å². The van der Waals surface area contributed by atoms with Gasteiger partial charge in [-0.3, -0.25) is 4.79 Å². The summed E-state index contributed by atoms with van der Waals surface area (Å²) in [5.74, 6) is 2.46. The summed E-state index contributed by atoms with van der Waals surface area (Å²) < 4.78 is 17.3. The van der Waals surface area contributed by atoms with Gasteiger partial charge < -0.3 is 19.2 Å². The summed E-state index contributed by atoms with van der Waals surface area (Å²) in [6.07, 6.45) is 6.01. The Morgan fingerprint density at radius 2 is 1.94 bits per heavy atom. The maximum Gasteiger partial charge on any atom is 0.244 e. The maximum atomic E-state index is 12.6. The number of para-hydroxylation sites is 1. The van der Waals surface area contributed by atoms with E-state index >= 15 is 0 Å². The number of hydrogen-bond donors (Lipinski definition) is 1. The van der Waals surface area contributed by atoms with Crippen LogP contribution in [0, 0.1) is 6.92 Å². The van der Waals surface area contributed by atoms with Gasteiger partial charge in [0.15, 0.2) is 0 Å². The molecule has 5 heteroatoms. The van der Waals surface area contributed by atoms with Crippen LogP contribution in [-0.4, -0.2) is 20.1 Å². The zero-order valence-corrected chi connectivity index (χ0v) is 18.6. The zero-order chi connectivity index (χ0) is 22.0. The summed E-state index contributed by atoms with van der Waals surface area (Å²) in [7, 11) is 3.29. The summed E-state index contributed by atoms with van der Waals surface area (Å²) in [6.45, 7) is 4.37. The molecule has 31 heavy (non-hydrogen) atoms. The molecule has 0 bridgehead atoms. The highest BCUT2D eigenvalue weighted by atomic mass is 16.5. The number of ether oxygens (including phenoxy) is 2. The second kappa shape index (κ2) is 8.88. The number of carbonyl (C=O) groups is 1. The molecule has 0 aliphatic heterocycles. The molecular formula is C26H29NO4. The summed E-state index contributed by atoms with van der Waals surface area (Å²) in [4.78, 5) is 12.6. The minimum Gasteiger partial charge on any atom is -0.496 e. The van der Waals surface area contributed by atoms with E-state index in [1.165, 1.54) is 18.4 Å². The van der Waals surface area contributed by atoms with Crippen LogP contribution in [0.5, 0.6) is 11.5 Å². The molecule has 0 atom stereocenters. The Kier molecular flexibility index (Phi) is 6.03. The monoisotopic (exact) mass is 419 g/mol. The van der Waals surface area contributed by atoms with E-state index in [2.05, 4.69) is 11.4 Å². The number of rotatable bonds is 6. The van der Waals surface area contributed by atoms with Crippen LogP contribution in [0.25, 0.3) is 16.5 Å². The molecule has 162 valence electrons. The van der Waals surface area contributed by atoms with Crippen LogP contribution < -0.4 is 14.8 Å². The van der Waals surface area contributed by atoms with Crippen molar-refractivity contribution in [2.24, 2.45) is 0 Å². The highest BCUT2D eigenvalue weighted by Crippen LogP contribution is 2.41. The fourth-order valence-electron chi connectivity index (χ4n) is 4.45. The number of allylic oxidation sites excluding steroid dienone is 1. The van der Waals surface area contributed by atoms with Crippen LogP contribution in [0.15, 0.2) is 40.8 Å². The third-order valence-corrected chi connectivity index (χ3v) is 6.05. The van der Waals surface area contributed by atoms with Crippen LogP contribution in [0.4, 0.5) is 0 Å². The molecular weight excluding hydrogens is 390 g/mol. The molecule has 1 N–H and O–H groups in total. The normalized spacial score (nSPS) is 13.7. The van der Waals surface area contributed by atoms with Gasteiger partial charge >= 0.3 is 0 Å². The van der Waals surface area contributed by atoms with Gasteiger partial charge in [-0.15, -0.1) is 0 Å². The lowest BCUT2D eigenvalue weighted by Gasteiger charge is -2.14. The van der Waals surface area contributed by atoms with Gasteiger partial charge in [0.25, 0.3) is 0 Å². The largest absolute Gasteiger partial charge is 0.496 e. The van der Waals surface area contributed by atoms with Crippen molar-refractivity contribution in [3.05, 3.63) is 64.4 Å². The molecule has 0 fully saturated rings. The number of nitrogens with one attached hydrogen (secondary N) is 1. The summed E-state index contributed by atoms with van der Waals surface area (Å²) in [5.41, 5.74) is 5.90. The maximum absolute atomic E-state index is 12.6. The van der Waals surface area contributed by atoms with Crippen molar-refractivity contribution in [2.75, 3.05) is 14.2 Å². The molecule has 3 aromatic rings. The number of carbonyl (C=O) groups excluding carboxylic acids is 1. The minimum absolute atomic E-state index is 0.155. The average molecular weight is 420 g/mol. The first-order chi connectivity index (χ1) is 15.0. The molecule has 0 unspecified atom stereocenters. The van der Waals surface area contributed by atoms with E-state index in [1.807, 2.05) is 38.1 Å². The van der Waals surface area contributed by atoms with Crippen LogP contribution in [0.1, 0.15) is 47.8 Å². The van der Waals surface area contributed by atoms with Crippen molar-refractivity contribution < 1.29 is 18.7 Å². The molecule has 4 rings (SSSR count). The quantitative estimate of drug-likeness (QED) is 0.547. The second-order valence-corrected chi connectivity index (χ2v) is 8.03. The number of hydrogen-bond acceptors (Lipinski definition) is 4. The second-order valence-electron chi connectivity index (χ2n) is 8.03. The lowest BCUT2D eigenvalue weighted by atomic mass is 9.93. The van der Waals surface area contributed by atoms with Gasteiger partial charge in [0.2, 0.25) is 5.91 Å². The number of furan rings is 1. The van der Waals surface area contributed by atoms with Gasteiger partial charge in [-0.05, 0) is 50.8 Å². The molecule has 1 aliphatic rings. The Balaban J connectivity index is 1.63. The Morgan fingerprint density at radius 3 is 2.71 bits per heavy atom. The summed E-state index contributed by atoms with van der Waals surface area (Å²) in [6, 6.07) is 9.79. The van der Waals surface area contributed by atoms with E-state index in [0.29, 0.717) is 6.54 Å². The third kappa shape index (κ3) is 4.05. The Bertz CT molecular complexity index is 1160. The van der Waals surface area contributed by atoms with E-state index < -0.39 is 0 Å². The molecule has 0 radical (unpaired) electrons. The number of fused-ring (bicyclic) bond motifs is 3. The highest BCUT2D eigenvalue weighted by Gasteiger charge is 2.23. The van der Waals surface area contributed by atoms with Crippen LogP contribution >= 0.6 is 0 Å². The summed E-state index contributed by atoms with van der Waals surface area (Å²) >= 11 is 0. The van der Waals surface area contributed by atoms with E-state index in [1.54, 1.807) is 20.3 Å². The number of benzene rings is 2. The minimum atomic E-state index is -0.155. The lowest BCUT2D eigenvalue weighted by Crippen LogP contribution is -2.21. The number of methoxy groups -OCH3 is 2. The van der Waals surface area contributed by atoms with E-state index in [0.717, 1.165) is 63.3 Å². The van der Waals surface area contributed by atoms with Crippen LogP contribution in [0.3, 0.4) is 0 Å². The topological polar surface area (TPSA) is 60.7 Å². The first-order valence-electron chi connectivity index (χ1n) is 10.7. The van der Waals surface area contributed by atoms with Gasteiger partial charge in [0, 0.05) is 46.7 Å². The van der Waals surface area contributed by atoms with Gasteiger partial charge in [-0.1, -0.05) is 18.2 Å². The van der Waals surface area contributed by atoms with Crippen LogP contribution in [-0.2, 0) is 24.2 Å². The summed E-state index contributed by atoms with van der Waals surface area (Å²) in [5, 5.41) is 4.10. The molecule has 5 nitrogen and oxygen atoms in total. The van der Waals surface area contributed by atoms with Crippen molar-refractivity contribution in [3.63, 3.8) is 0 Å². The molecule has 2 aromatic carbocycles. The average Bonchev–Trinajstić information content (AvgIpc) is 3.17. The fraction of sp³-hybridized carbons (Fsp3) is 0.346. The molecule has 0 saturated carbocycles. The van der Waals surface area contributed by atoms with E-state index in [9.17, 15) is 4.79 Å². The molecule has 0 saturated heterocycles. The van der Waals surface area contributed by atoms with Crippen molar-refractivity contribution in [2.45, 2.75) is 46.1 Å². The molecule has 1 amide bonds. The molecule has 1 aromatic heterocycles. The number of aryl methyl sites for hydroxylation is 3. The fourth-order valence-corrected chi connectivity index (χ4v) is 4.45. The smallest absolute Gasteiger partial charge is 0.244 e. The first kappa shape index (κ1) is 21.0. The van der Waals surface area contributed by atoms with Crippen molar-refractivity contribution >= 4 is 22.4 Å². The van der Waals surface area contributed by atoms with Crippen LogP contribution in [0.2, 0.25) is 0 Å². The Hall–Kier alpha value is -3.21. The first-order valence-corrected chi connectivity index (χ1v) is 10.7. The SMILES string of the molecule is COc1ccccc1CNC(=O)/C=C(\C)c1cc2c3c(oc2c(C)c1OC)CCCC3. The van der Waals surface area contributed by atoms with E-state index in [4.69, 9.17) is 13.9 Å². The van der Waals surface area contributed by atoms with Gasteiger partial charge in [0.05, 0.1) is 14.2 Å². The van der Waals surface area contributed by atoms with Crippen molar-refractivity contribution in [3.8, 4) is 11.5 Å². The van der Waals surface area contributed by atoms with Crippen molar-refractivity contribution in [1.82, 2.24) is 5.32 Å². The van der Waals surface area contributed by atoms with Gasteiger partial charge in [0.1, 0.15) is 22.8 Å². The molecule has 0 spiro atoms. The van der Waals surface area contributed by atoms with Gasteiger partial charge in [-0.25, -0.2) is 0 Å². The molecule has 1 heterocycles. The predicted octanol–water partition coefficient (Wildman–Crippen LogP) is 5.36. The highest BCUT2D eigenvalue weighted by molar-refractivity contribution is 5.98. The number of amides is 1.